The molecule has 2 aromatic carbocycles. The van der Waals surface area contributed by atoms with Crippen molar-refractivity contribution in [1.29, 1.82) is 0 Å². The van der Waals surface area contributed by atoms with Crippen molar-refractivity contribution in [2.45, 2.75) is 19.6 Å². The zero-order valence-electron chi connectivity index (χ0n) is 13.5. The Hall–Kier alpha value is -2.89. The highest BCUT2D eigenvalue weighted by molar-refractivity contribution is 5.86. The normalized spacial score (nSPS) is 16.9. The lowest BCUT2D eigenvalue weighted by atomic mass is 10.1. The Kier molecular flexibility index (Phi) is 4.97. The Morgan fingerprint density at radius 3 is 2.36 bits per heavy atom. The number of nitrogens with zero attached hydrogens (tertiary/aromatic N) is 1. The lowest BCUT2D eigenvalue weighted by molar-refractivity contribution is -0.141. The summed E-state index contributed by atoms with van der Waals surface area (Å²) in [6, 6.07) is 13.4. The van der Waals surface area contributed by atoms with Crippen molar-refractivity contribution in [1.82, 2.24) is 4.90 Å². The predicted molar refractivity (Wildman–Crippen MR) is 88.3 cm³/mol. The summed E-state index contributed by atoms with van der Waals surface area (Å²) >= 11 is 0. The number of carboxylic acid groups (broad SMARTS) is 1. The fourth-order valence-electron chi connectivity index (χ4n) is 2.75. The van der Waals surface area contributed by atoms with Crippen LogP contribution in [0.5, 0.6) is 5.75 Å². The van der Waals surface area contributed by atoms with Gasteiger partial charge in [0.05, 0.1) is 5.92 Å². The molecule has 0 aromatic heterocycles. The molecule has 1 N–H and O–H groups in total. The van der Waals surface area contributed by atoms with Crippen molar-refractivity contribution in [2.75, 3.05) is 6.54 Å². The average Bonchev–Trinajstić information content (AvgIpc) is 2.97. The summed E-state index contributed by atoms with van der Waals surface area (Å²) in [7, 11) is 0. The Balaban J connectivity index is 1.54. The van der Waals surface area contributed by atoms with E-state index in [-0.39, 0.29) is 24.7 Å². The number of hydrogen-bond acceptors (Lipinski definition) is 3. The van der Waals surface area contributed by atoms with Crippen molar-refractivity contribution in [3.8, 4) is 5.75 Å². The van der Waals surface area contributed by atoms with Crippen molar-refractivity contribution < 1.29 is 23.8 Å². The number of aliphatic carboxylic acids is 1. The van der Waals surface area contributed by atoms with Crippen molar-refractivity contribution >= 4 is 11.9 Å². The molecule has 0 saturated carbocycles. The van der Waals surface area contributed by atoms with Crippen LogP contribution in [0.3, 0.4) is 0 Å². The van der Waals surface area contributed by atoms with Crippen LogP contribution in [-0.2, 0) is 22.7 Å². The number of carboxylic acids is 1. The Labute approximate surface area is 144 Å². The molecule has 1 amide bonds. The maximum absolute atomic E-state index is 12.9. The molecule has 0 radical (unpaired) electrons. The molecule has 130 valence electrons. The van der Waals surface area contributed by atoms with Gasteiger partial charge in [-0.05, 0) is 35.4 Å². The molecule has 0 aliphatic carbocycles. The summed E-state index contributed by atoms with van der Waals surface area (Å²) in [5, 5.41) is 9.00. The van der Waals surface area contributed by atoms with E-state index in [1.165, 1.54) is 12.1 Å². The first kappa shape index (κ1) is 17.0. The van der Waals surface area contributed by atoms with Crippen LogP contribution in [0, 0.1) is 11.7 Å². The molecule has 1 fully saturated rings. The first-order valence-electron chi connectivity index (χ1n) is 7.98. The SMILES string of the molecule is O=C(O)C1CC(=O)N(Cc2ccc(OCc3ccc(F)cc3)cc2)C1. The molecule has 3 rings (SSSR count). The number of hydrogen-bond donors (Lipinski definition) is 1. The van der Waals surface area contributed by atoms with Gasteiger partial charge in [-0.25, -0.2) is 4.39 Å². The molecule has 5 nitrogen and oxygen atoms in total. The third-order valence-corrected chi connectivity index (χ3v) is 4.18. The summed E-state index contributed by atoms with van der Waals surface area (Å²) in [5.74, 6) is -1.30. The highest BCUT2D eigenvalue weighted by Crippen LogP contribution is 2.21. The third kappa shape index (κ3) is 4.35. The minimum atomic E-state index is -0.930. The summed E-state index contributed by atoms with van der Waals surface area (Å²) in [5.41, 5.74) is 1.78. The topological polar surface area (TPSA) is 66.8 Å². The van der Waals surface area contributed by atoms with E-state index in [4.69, 9.17) is 9.84 Å². The van der Waals surface area contributed by atoms with Crippen LogP contribution in [0.15, 0.2) is 48.5 Å². The lowest BCUT2D eigenvalue weighted by Gasteiger charge is -2.16. The molecule has 1 heterocycles. The Morgan fingerprint density at radius 1 is 1.12 bits per heavy atom. The minimum Gasteiger partial charge on any atom is -0.489 e. The van der Waals surface area contributed by atoms with Gasteiger partial charge in [0.1, 0.15) is 18.2 Å². The highest BCUT2D eigenvalue weighted by Gasteiger charge is 2.33. The lowest BCUT2D eigenvalue weighted by Crippen LogP contribution is -2.25. The molecule has 1 atom stereocenters. The summed E-state index contributed by atoms with van der Waals surface area (Å²) in [6.45, 7) is 0.975. The van der Waals surface area contributed by atoms with Gasteiger partial charge < -0.3 is 14.7 Å². The quantitative estimate of drug-likeness (QED) is 0.876. The van der Waals surface area contributed by atoms with Gasteiger partial charge in [0.15, 0.2) is 0 Å². The van der Waals surface area contributed by atoms with Crippen LogP contribution in [0.1, 0.15) is 17.5 Å². The van der Waals surface area contributed by atoms with Gasteiger partial charge in [-0.2, -0.15) is 0 Å². The zero-order valence-corrected chi connectivity index (χ0v) is 13.5. The van der Waals surface area contributed by atoms with E-state index in [9.17, 15) is 14.0 Å². The van der Waals surface area contributed by atoms with Crippen LogP contribution in [0.25, 0.3) is 0 Å². The third-order valence-electron chi connectivity index (χ3n) is 4.18. The number of amides is 1. The highest BCUT2D eigenvalue weighted by atomic mass is 19.1. The van der Waals surface area contributed by atoms with Gasteiger partial charge in [-0.1, -0.05) is 24.3 Å². The van der Waals surface area contributed by atoms with E-state index in [1.54, 1.807) is 29.2 Å². The second kappa shape index (κ2) is 7.34. The first-order valence-corrected chi connectivity index (χ1v) is 7.98. The first-order chi connectivity index (χ1) is 12.0. The monoisotopic (exact) mass is 343 g/mol. The van der Waals surface area contributed by atoms with Gasteiger partial charge in [0, 0.05) is 19.5 Å². The Morgan fingerprint density at radius 2 is 1.76 bits per heavy atom. The Bertz CT molecular complexity index is 758. The maximum atomic E-state index is 12.9. The van der Waals surface area contributed by atoms with Gasteiger partial charge in [0.25, 0.3) is 0 Å². The van der Waals surface area contributed by atoms with Gasteiger partial charge in [-0.15, -0.1) is 0 Å². The van der Waals surface area contributed by atoms with Crippen molar-refractivity contribution in [3.05, 3.63) is 65.5 Å². The molecular weight excluding hydrogens is 325 g/mol. The van der Waals surface area contributed by atoms with E-state index in [0.717, 1.165) is 11.1 Å². The molecular formula is C19H18FNO4. The van der Waals surface area contributed by atoms with E-state index >= 15 is 0 Å². The van der Waals surface area contributed by atoms with E-state index in [1.807, 2.05) is 12.1 Å². The van der Waals surface area contributed by atoms with Crippen molar-refractivity contribution in [2.24, 2.45) is 5.92 Å². The molecule has 2 aromatic rings. The van der Waals surface area contributed by atoms with E-state index < -0.39 is 11.9 Å². The standard InChI is InChI=1S/C19H18FNO4/c20-16-5-1-14(2-6-16)12-25-17-7-3-13(4-8-17)10-21-11-15(19(23)24)9-18(21)22/h1-8,15H,9-12H2,(H,23,24). The number of carbonyl (C=O) groups is 2. The minimum absolute atomic E-state index is 0.0637. The average molecular weight is 343 g/mol. The van der Waals surface area contributed by atoms with Gasteiger partial charge in [-0.3, -0.25) is 9.59 Å². The van der Waals surface area contributed by atoms with Crippen LogP contribution in [0.4, 0.5) is 4.39 Å². The number of benzene rings is 2. The largest absolute Gasteiger partial charge is 0.489 e. The summed E-state index contributed by atoms with van der Waals surface area (Å²) in [6.07, 6.45) is 0.0637. The molecule has 1 aliphatic rings. The van der Waals surface area contributed by atoms with Gasteiger partial charge in [0.2, 0.25) is 5.91 Å². The molecule has 0 spiro atoms. The number of carbonyl (C=O) groups excluding carboxylic acids is 1. The predicted octanol–water partition coefficient (Wildman–Crippen LogP) is 2.84. The molecule has 25 heavy (non-hydrogen) atoms. The summed E-state index contributed by atoms with van der Waals surface area (Å²) < 4.78 is 18.5. The fourth-order valence-corrected chi connectivity index (χ4v) is 2.75. The van der Waals surface area contributed by atoms with Crippen LogP contribution >= 0.6 is 0 Å². The molecule has 1 aliphatic heterocycles. The smallest absolute Gasteiger partial charge is 0.308 e. The molecule has 0 bridgehead atoms. The van der Waals surface area contributed by atoms with E-state index in [0.29, 0.717) is 18.9 Å². The van der Waals surface area contributed by atoms with E-state index in [2.05, 4.69) is 0 Å². The maximum Gasteiger partial charge on any atom is 0.308 e. The van der Waals surface area contributed by atoms with Crippen LogP contribution in [0.2, 0.25) is 0 Å². The van der Waals surface area contributed by atoms with Crippen molar-refractivity contribution in [3.63, 3.8) is 0 Å². The van der Waals surface area contributed by atoms with Gasteiger partial charge >= 0.3 is 5.97 Å². The zero-order chi connectivity index (χ0) is 17.8. The second-order valence-corrected chi connectivity index (χ2v) is 6.07. The van der Waals surface area contributed by atoms with Crippen LogP contribution in [-0.4, -0.2) is 28.4 Å². The molecule has 6 heteroatoms. The fraction of sp³-hybridized carbons (Fsp3) is 0.263. The number of rotatable bonds is 6. The molecule has 1 unspecified atom stereocenters. The second-order valence-electron chi connectivity index (χ2n) is 6.07. The number of likely N-dealkylation sites (tertiary alicyclic amines) is 1. The number of halogens is 1. The molecule has 1 saturated heterocycles. The van der Waals surface area contributed by atoms with Crippen LogP contribution < -0.4 is 4.74 Å². The number of ether oxygens (including phenoxy) is 1. The summed E-state index contributed by atoms with van der Waals surface area (Å²) in [4.78, 5) is 24.4.